The number of carbonyl (C=O) groups is 2. The van der Waals surface area contributed by atoms with Gasteiger partial charge >= 0.3 is 0 Å². The number of thioether (sulfide) groups is 1. The Morgan fingerprint density at radius 1 is 1.29 bits per heavy atom. The normalized spacial score (nSPS) is 18.6. The lowest BCUT2D eigenvalue weighted by molar-refractivity contribution is -0.121. The smallest absolute Gasteiger partial charge is 0.247 e. The van der Waals surface area contributed by atoms with Gasteiger partial charge in [0.25, 0.3) is 0 Å². The topological polar surface area (TPSA) is 63.2 Å². The molecule has 2 heterocycles. The number of rotatable bonds is 3. The van der Waals surface area contributed by atoms with E-state index in [1.54, 1.807) is 6.07 Å². The quantitative estimate of drug-likeness (QED) is 0.814. The number of amides is 2. The van der Waals surface area contributed by atoms with Gasteiger partial charge in [0, 0.05) is 6.42 Å². The number of hydrogen-bond donors (Lipinski definition) is 0. The highest BCUT2D eigenvalue weighted by molar-refractivity contribution is 8.02. The molecule has 7 heteroatoms. The standard InChI is InChI=1S/C14H13N3O2S2/c1-8-4-3-5-10(6-8)17-12(18)7-11(13(17)19)21-14-16-15-9(2)20-14/h3-6,11H,7H2,1-2H3/t11-/m1/s1. The van der Waals surface area contributed by atoms with E-state index in [2.05, 4.69) is 10.2 Å². The summed E-state index contributed by atoms with van der Waals surface area (Å²) in [6.45, 7) is 3.80. The number of aromatic nitrogens is 2. The molecule has 1 saturated heterocycles. The van der Waals surface area contributed by atoms with Crippen LogP contribution < -0.4 is 4.90 Å². The van der Waals surface area contributed by atoms with Crippen molar-refractivity contribution in [2.24, 2.45) is 0 Å². The third kappa shape index (κ3) is 2.84. The Bertz CT molecular complexity index is 714. The molecule has 1 fully saturated rings. The molecule has 0 saturated carbocycles. The molecule has 0 unspecified atom stereocenters. The SMILES string of the molecule is Cc1cccc(N2C(=O)C[C@@H](Sc3nnc(C)s3)C2=O)c1. The molecule has 0 N–H and O–H groups in total. The summed E-state index contributed by atoms with van der Waals surface area (Å²) in [6.07, 6.45) is 0.204. The van der Waals surface area contributed by atoms with E-state index in [4.69, 9.17) is 0 Å². The average molecular weight is 319 g/mol. The second-order valence-electron chi connectivity index (χ2n) is 4.80. The van der Waals surface area contributed by atoms with Crippen LogP contribution in [-0.2, 0) is 9.59 Å². The van der Waals surface area contributed by atoms with Crippen molar-refractivity contribution >= 4 is 40.6 Å². The molecule has 5 nitrogen and oxygen atoms in total. The Morgan fingerprint density at radius 2 is 2.10 bits per heavy atom. The Hall–Kier alpha value is -1.73. The van der Waals surface area contributed by atoms with Crippen LogP contribution in [-0.4, -0.2) is 27.3 Å². The van der Waals surface area contributed by atoms with E-state index in [1.165, 1.54) is 28.0 Å². The highest BCUT2D eigenvalue weighted by Gasteiger charge is 2.40. The van der Waals surface area contributed by atoms with Crippen LogP contribution in [0.2, 0.25) is 0 Å². The Labute approximate surface area is 130 Å². The van der Waals surface area contributed by atoms with E-state index in [9.17, 15) is 9.59 Å². The van der Waals surface area contributed by atoms with Gasteiger partial charge in [-0.3, -0.25) is 9.59 Å². The minimum atomic E-state index is -0.412. The van der Waals surface area contributed by atoms with Crippen molar-refractivity contribution in [3.8, 4) is 0 Å². The molecule has 21 heavy (non-hydrogen) atoms. The van der Waals surface area contributed by atoms with E-state index < -0.39 is 5.25 Å². The number of benzene rings is 1. The van der Waals surface area contributed by atoms with Crippen molar-refractivity contribution in [2.45, 2.75) is 29.9 Å². The highest BCUT2D eigenvalue weighted by Crippen LogP contribution is 2.35. The fourth-order valence-corrected chi connectivity index (χ4v) is 4.26. The summed E-state index contributed by atoms with van der Waals surface area (Å²) >= 11 is 2.76. The summed E-state index contributed by atoms with van der Waals surface area (Å²) < 4.78 is 0.727. The molecule has 2 aromatic rings. The molecule has 1 aromatic heterocycles. The molecule has 1 aliphatic rings. The van der Waals surface area contributed by atoms with E-state index in [0.717, 1.165) is 14.9 Å². The van der Waals surface area contributed by atoms with Crippen molar-refractivity contribution in [1.29, 1.82) is 0 Å². The molecule has 0 spiro atoms. The number of carbonyl (C=O) groups excluding carboxylic acids is 2. The molecule has 0 radical (unpaired) electrons. The summed E-state index contributed by atoms with van der Waals surface area (Å²) in [7, 11) is 0. The average Bonchev–Trinajstić information content (AvgIpc) is 2.94. The van der Waals surface area contributed by atoms with Crippen LogP contribution in [0.5, 0.6) is 0 Å². The van der Waals surface area contributed by atoms with Crippen LogP contribution in [0.1, 0.15) is 17.0 Å². The van der Waals surface area contributed by atoms with Crippen LogP contribution in [0.25, 0.3) is 0 Å². The Kier molecular flexibility index (Phi) is 3.77. The molecule has 3 rings (SSSR count). The number of hydrogen-bond acceptors (Lipinski definition) is 6. The lowest BCUT2D eigenvalue weighted by Crippen LogP contribution is -2.31. The third-order valence-electron chi connectivity index (χ3n) is 3.12. The van der Waals surface area contributed by atoms with Gasteiger partial charge in [0.05, 0.1) is 5.69 Å². The summed E-state index contributed by atoms with van der Waals surface area (Å²) in [4.78, 5) is 25.9. The fourth-order valence-electron chi connectivity index (χ4n) is 2.18. The zero-order valence-corrected chi connectivity index (χ0v) is 13.2. The van der Waals surface area contributed by atoms with E-state index in [-0.39, 0.29) is 18.2 Å². The lowest BCUT2D eigenvalue weighted by Gasteiger charge is -2.15. The first kappa shape index (κ1) is 14.2. The zero-order valence-electron chi connectivity index (χ0n) is 11.6. The molecule has 0 bridgehead atoms. The molecule has 2 amide bonds. The van der Waals surface area contributed by atoms with Gasteiger partial charge < -0.3 is 0 Å². The van der Waals surface area contributed by atoms with Gasteiger partial charge in [0.1, 0.15) is 10.3 Å². The summed E-state index contributed by atoms with van der Waals surface area (Å²) in [5.74, 6) is -0.340. The van der Waals surface area contributed by atoms with Gasteiger partial charge in [-0.25, -0.2) is 4.90 Å². The first-order valence-corrected chi connectivity index (χ1v) is 8.14. The van der Waals surface area contributed by atoms with Gasteiger partial charge in [0.2, 0.25) is 11.8 Å². The zero-order chi connectivity index (χ0) is 15.0. The molecular weight excluding hydrogens is 306 g/mol. The summed E-state index contributed by atoms with van der Waals surface area (Å²) in [5, 5.41) is 8.37. The third-order valence-corrected chi connectivity index (χ3v) is 5.22. The predicted octanol–water partition coefficient (Wildman–Crippen LogP) is 2.58. The van der Waals surface area contributed by atoms with Crippen molar-refractivity contribution in [3.05, 3.63) is 34.8 Å². The second-order valence-corrected chi connectivity index (χ2v) is 7.44. The molecule has 1 atom stereocenters. The van der Waals surface area contributed by atoms with Crippen LogP contribution in [0.15, 0.2) is 28.6 Å². The molecule has 1 aliphatic heterocycles. The van der Waals surface area contributed by atoms with Crippen LogP contribution >= 0.6 is 23.1 Å². The van der Waals surface area contributed by atoms with Gasteiger partial charge in [0.15, 0.2) is 4.34 Å². The maximum Gasteiger partial charge on any atom is 0.247 e. The van der Waals surface area contributed by atoms with E-state index in [1.807, 2.05) is 32.0 Å². The number of imide groups is 1. The first-order valence-electron chi connectivity index (χ1n) is 6.45. The number of aryl methyl sites for hydroxylation is 2. The van der Waals surface area contributed by atoms with Gasteiger partial charge in [-0.2, -0.15) is 0 Å². The van der Waals surface area contributed by atoms with Crippen molar-refractivity contribution in [1.82, 2.24) is 10.2 Å². The molecular formula is C14H13N3O2S2. The number of anilines is 1. The van der Waals surface area contributed by atoms with Gasteiger partial charge in [-0.05, 0) is 31.5 Å². The van der Waals surface area contributed by atoms with Crippen molar-refractivity contribution in [2.75, 3.05) is 4.90 Å². The molecule has 0 aliphatic carbocycles. The maximum atomic E-state index is 12.5. The lowest BCUT2D eigenvalue weighted by atomic mass is 10.2. The summed E-state index contributed by atoms with van der Waals surface area (Å²) in [5.41, 5.74) is 1.66. The van der Waals surface area contributed by atoms with Crippen LogP contribution in [0.3, 0.4) is 0 Å². The second kappa shape index (κ2) is 5.57. The van der Waals surface area contributed by atoms with Crippen LogP contribution in [0.4, 0.5) is 5.69 Å². The minimum Gasteiger partial charge on any atom is -0.274 e. The maximum absolute atomic E-state index is 12.5. The van der Waals surface area contributed by atoms with Crippen LogP contribution in [0, 0.1) is 13.8 Å². The predicted molar refractivity (Wildman–Crippen MR) is 82.6 cm³/mol. The van der Waals surface area contributed by atoms with E-state index >= 15 is 0 Å². The van der Waals surface area contributed by atoms with Gasteiger partial charge in [-0.1, -0.05) is 35.2 Å². The molecule has 108 valence electrons. The Balaban J connectivity index is 1.82. The summed E-state index contributed by atoms with van der Waals surface area (Å²) in [6, 6.07) is 7.41. The highest BCUT2D eigenvalue weighted by atomic mass is 32.2. The largest absolute Gasteiger partial charge is 0.274 e. The van der Waals surface area contributed by atoms with E-state index in [0.29, 0.717) is 5.69 Å². The van der Waals surface area contributed by atoms with Gasteiger partial charge in [-0.15, -0.1) is 10.2 Å². The first-order chi connectivity index (χ1) is 10.0. The molecule has 1 aromatic carbocycles. The monoisotopic (exact) mass is 319 g/mol. The Morgan fingerprint density at radius 3 is 2.76 bits per heavy atom. The number of nitrogens with zero attached hydrogens (tertiary/aromatic N) is 3. The van der Waals surface area contributed by atoms with Crippen molar-refractivity contribution in [3.63, 3.8) is 0 Å². The fraction of sp³-hybridized carbons (Fsp3) is 0.286. The minimum absolute atomic E-state index is 0.163. The van der Waals surface area contributed by atoms with Crippen molar-refractivity contribution < 1.29 is 9.59 Å².